The average molecular weight is 402 g/mol. The summed E-state index contributed by atoms with van der Waals surface area (Å²) in [7, 11) is -1.19. The highest BCUT2D eigenvalue weighted by atomic mass is 31.1. The fourth-order valence-corrected chi connectivity index (χ4v) is 5.62. The predicted octanol–water partition coefficient (Wildman–Crippen LogP) is 4.81. The van der Waals surface area contributed by atoms with Gasteiger partial charge >= 0.3 is 5.97 Å². The zero-order chi connectivity index (χ0) is 20.8. The van der Waals surface area contributed by atoms with Gasteiger partial charge in [-0.15, -0.1) is 0 Å². The molecule has 3 aromatic carbocycles. The first kappa shape index (κ1) is 20.7. The molecule has 3 rings (SSSR count). The predicted molar refractivity (Wildman–Crippen MR) is 119 cm³/mol. The zero-order valence-corrected chi connectivity index (χ0v) is 17.5. The van der Waals surface area contributed by atoms with Gasteiger partial charge in [0.15, 0.2) is 5.52 Å². The van der Waals surface area contributed by atoms with E-state index in [4.69, 9.17) is 4.74 Å². The minimum Gasteiger partial charge on any atom is -0.458 e. The number of aryl methyl sites for hydroxylation is 2. The summed E-state index contributed by atoms with van der Waals surface area (Å²) in [6, 6.07) is 23.7. The summed E-state index contributed by atoms with van der Waals surface area (Å²) in [6.07, 6.45) is 1.14. The molecule has 0 aliphatic rings. The van der Waals surface area contributed by atoms with Gasteiger partial charge in [0.2, 0.25) is 0 Å². The second-order valence-corrected chi connectivity index (χ2v) is 8.84. The maximum atomic E-state index is 13.7. The van der Waals surface area contributed by atoms with Crippen molar-refractivity contribution in [3.8, 4) is 0 Å². The van der Waals surface area contributed by atoms with E-state index in [1.807, 2.05) is 86.6 Å². The molecule has 0 bridgehead atoms. The highest BCUT2D eigenvalue weighted by Gasteiger charge is 2.26. The van der Waals surface area contributed by atoms with Crippen molar-refractivity contribution in [3.05, 3.63) is 108 Å². The Morgan fingerprint density at radius 3 is 1.83 bits per heavy atom. The van der Waals surface area contributed by atoms with Crippen molar-refractivity contribution in [2.45, 2.75) is 20.5 Å². The molecule has 0 aromatic heterocycles. The third-order valence-corrected chi connectivity index (χ3v) is 6.84. The monoisotopic (exact) mass is 402 g/mol. The van der Waals surface area contributed by atoms with Crippen molar-refractivity contribution < 1.29 is 14.3 Å². The first-order chi connectivity index (χ1) is 14.0. The van der Waals surface area contributed by atoms with Crippen LogP contribution in [0, 0.1) is 13.8 Å². The molecule has 3 nitrogen and oxygen atoms in total. The van der Waals surface area contributed by atoms with E-state index in [-0.39, 0.29) is 12.1 Å². The maximum Gasteiger partial charge on any atom is 0.330 e. The summed E-state index contributed by atoms with van der Waals surface area (Å²) in [5.74, 6) is -0.461. The molecule has 0 saturated heterocycles. The lowest BCUT2D eigenvalue weighted by molar-refractivity contribution is -0.138. The van der Waals surface area contributed by atoms with E-state index in [1.165, 1.54) is 0 Å². The maximum absolute atomic E-state index is 13.7. The number of carbonyl (C=O) groups excluding carboxylic acids is 2. The molecular formula is C25H23O3P. The van der Waals surface area contributed by atoms with Crippen molar-refractivity contribution in [2.75, 3.05) is 0 Å². The molecule has 0 unspecified atom stereocenters. The molecule has 0 saturated carbocycles. The molecule has 4 heteroatoms. The smallest absolute Gasteiger partial charge is 0.330 e. The van der Waals surface area contributed by atoms with Crippen LogP contribution in [-0.4, -0.2) is 11.5 Å². The Bertz CT molecular complexity index is 964. The second-order valence-electron chi connectivity index (χ2n) is 6.73. The van der Waals surface area contributed by atoms with Crippen LogP contribution in [0.1, 0.15) is 27.0 Å². The number of ether oxygens (including phenoxy) is 1. The Morgan fingerprint density at radius 1 is 0.897 bits per heavy atom. The quantitative estimate of drug-likeness (QED) is 0.324. The van der Waals surface area contributed by atoms with E-state index in [0.717, 1.165) is 38.9 Å². The summed E-state index contributed by atoms with van der Waals surface area (Å²) in [6.45, 7) is 7.43. The van der Waals surface area contributed by atoms with Gasteiger partial charge in [0.25, 0.3) is 0 Å². The second kappa shape index (κ2) is 9.45. The molecule has 0 N–H and O–H groups in total. The summed E-state index contributed by atoms with van der Waals surface area (Å²) in [4.78, 5) is 25.1. The fourth-order valence-electron chi connectivity index (χ4n) is 3.34. The van der Waals surface area contributed by atoms with Crippen molar-refractivity contribution >= 4 is 30.0 Å². The normalized spacial score (nSPS) is 10.6. The van der Waals surface area contributed by atoms with Crippen LogP contribution >= 0.6 is 7.92 Å². The molecule has 0 aliphatic carbocycles. The topological polar surface area (TPSA) is 43.4 Å². The Labute approximate surface area is 172 Å². The lowest BCUT2D eigenvalue weighted by Crippen LogP contribution is -2.19. The summed E-state index contributed by atoms with van der Waals surface area (Å²) < 4.78 is 5.14. The van der Waals surface area contributed by atoms with Gasteiger partial charge in [-0.05, 0) is 41.1 Å². The van der Waals surface area contributed by atoms with E-state index in [0.29, 0.717) is 0 Å². The van der Waals surface area contributed by atoms with Crippen molar-refractivity contribution in [2.24, 2.45) is 0 Å². The van der Waals surface area contributed by atoms with Crippen LogP contribution in [0.2, 0.25) is 0 Å². The van der Waals surface area contributed by atoms with Crippen LogP contribution < -0.4 is 10.6 Å². The molecule has 0 amide bonds. The van der Waals surface area contributed by atoms with Gasteiger partial charge in [-0.25, -0.2) is 4.79 Å². The van der Waals surface area contributed by atoms with Crippen LogP contribution in [0.5, 0.6) is 0 Å². The van der Waals surface area contributed by atoms with Crippen molar-refractivity contribution in [1.29, 1.82) is 0 Å². The van der Waals surface area contributed by atoms with E-state index in [1.54, 1.807) is 0 Å². The molecule has 146 valence electrons. The zero-order valence-electron chi connectivity index (χ0n) is 16.6. The van der Waals surface area contributed by atoms with Crippen molar-refractivity contribution in [3.63, 3.8) is 0 Å². The molecule has 0 heterocycles. The van der Waals surface area contributed by atoms with E-state index in [2.05, 4.69) is 6.58 Å². The van der Waals surface area contributed by atoms with Crippen LogP contribution in [0.15, 0.2) is 85.5 Å². The Hall–Kier alpha value is -3.03. The van der Waals surface area contributed by atoms with Crippen LogP contribution in [0.3, 0.4) is 0 Å². The van der Waals surface area contributed by atoms with Gasteiger partial charge < -0.3 is 4.74 Å². The lowest BCUT2D eigenvalue weighted by Gasteiger charge is -2.20. The molecule has 0 atom stereocenters. The number of hydrogen-bond donors (Lipinski definition) is 0. The highest BCUT2D eigenvalue weighted by molar-refractivity contribution is 7.88. The Kier molecular flexibility index (Phi) is 6.74. The molecule has 0 fully saturated rings. The van der Waals surface area contributed by atoms with Gasteiger partial charge in [-0.2, -0.15) is 0 Å². The fraction of sp³-hybridized carbons (Fsp3) is 0.120. The van der Waals surface area contributed by atoms with E-state index in [9.17, 15) is 9.59 Å². The number of hydrogen-bond acceptors (Lipinski definition) is 3. The molecule has 0 aliphatic heterocycles. The van der Waals surface area contributed by atoms with E-state index >= 15 is 0 Å². The van der Waals surface area contributed by atoms with Gasteiger partial charge in [0.1, 0.15) is 6.61 Å². The summed E-state index contributed by atoms with van der Waals surface area (Å²) >= 11 is 0. The van der Waals surface area contributed by atoms with Crippen LogP contribution in [0.25, 0.3) is 0 Å². The van der Waals surface area contributed by atoms with Gasteiger partial charge in [0.05, 0.1) is 0 Å². The molecule has 0 spiro atoms. The summed E-state index contributed by atoms with van der Waals surface area (Å²) in [5.41, 5.74) is 3.50. The number of carbonyl (C=O) groups is 2. The standard InChI is InChI=1S/C25H23O3P/c1-4-23(26)28-17-20-15-18(2)24(19(3)16-20)25(27)29(21-11-7-5-8-12-21)22-13-9-6-10-14-22/h4-16H,1,17H2,2-3H3. The van der Waals surface area contributed by atoms with Crippen molar-refractivity contribution in [1.82, 2.24) is 0 Å². The van der Waals surface area contributed by atoms with E-state index < -0.39 is 13.9 Å². The minimum absolute atomic E-state index is 0.127. The third kappa shape index (κ3) is 4.88. The lowest BCUT2D eigenvalue weighted by atomic mass is 10.0. The summed E-state index contributed by atoms with van der Waals surface area (Å²) in [5, 5.41) is 2.06. The Morgan fingerprint density at radius 2 is 1.38 bits per heavy atom. The molecule has 29 heavy (non-hydrogen) atoms. The average Bonchev–Trinajstić information content (AvgIpc) is 2.73. The highest BCUT2D eigenvalue weighted by Crippen LogP contribution is 2.39. The Balaban J connectivity index is 2.00. The first-order valence-corrected chi connectivity index (χ1v) is 10.7. The number of rotatable bonds is 7. The van der Waals surface area contributed by atoms with Gasteiger partial charge in [-0.3, -0.25) is 4.79 Å². The van der Waals surface area contributed by atoms with Gasteiger partial charge in [-0.1, -0.05) is 79.4 Å². The SMILES string of the molecule is C=CC(=O)OCc1cc(C)c(C(=O)P(c2ccccc2)c2ccccc2)c(C)c1. The molecule has 0 radical (unpaired) electrons. The minimum atomic E-state index is -1.19. The largest absolute Gasteiger partial charge is 0.458 e. The molecule has 3 aromatic rings. The number of esters is 1. The molecular weight excluding hydrogens is 379 g/mol. The number of benzene rings is 3. The third-order valence-electron chi connectivity index (χ3n) is 4.59. The first-order valence-electron chi connectivity index (χ1n) is 9.35. The van der Waals surface area contributed by atoms with Crippen LogP contribution in [-0.2, 0) is 16.1 Å². The van der Waals surface area contributed by atoms with Gasteiger partial charge in [0, 0.05) is 19.6 Å². The van der Waals surface area contributed by atoms with Crippen LogP contribution in [0.4, 0.5) is 0 Å².